The highest BCUT2D eigenvalue weighted by Crippen LogP contribution is 2.41. The van der Waals surface area contributed by atoms with Gasteiger partial charge < -0.3 is 15.0 Å². The summed E-state index contributed by atoms with van der Waals surface area (Å²) in [6.07, 6.45) is 2.15. The van der Waals surface area contributed by atoms with Gasteiger partial charge in [-0.05, 0) is 42.7 Å². The first-order chi connectivity index (χ1) is 13.6. The normalized spacial score (nSPS) is 12.6. The predicted octanol–water partition coefficient (Wildman–Crippen LogP) is 4.14. The predicted molar refractivity (Wildman–Crippen MR) is 107 cm³/mol. The van der Waals surface area contributed by atoms with Gasteiger partial charge in [-0.15, -0.1) is 0 Å². The molecule has 1 aliphatic heterocycles. The molecule has 1 N–H and O–H groups in total. The van der Waals surface area contributed by atoms with Gasteiger partial charge in [-0.2, -0.15) is 0 Å². The number of aromatic nitrogens is 2. The maximum absolute atomic E-state index is 12.0. The Hall–Kier alpha value is -3.68. The summed E-state index contributed by atoms with van der Waals surface area (Å²) in [5.41, 5.74) is 3.52. The Morgan fingerprint density at radius 1 is 1.21 bits per heavy atom. The van der Waals surface area contributed by atoms with Crippen LogP contribution in [-0.2, 0) is 6.42 Å². The molecule has 142 valence electrons. The Balaban J connectivity index is 1.80. The highest BCUT2D eigenvalue weighted by atomic mass is 16.6. The van der Waals surface area contributed by atoms with E-state index in [0.29, 0.717) is 18.0 Å². The van der Waals surface area contributed by atoms with E-state index in [4.69, 9.17) is 4.74 Å². The van der Waals surface area contributed by atoms with Crippen LogP contribution in [0.3, 0.4) is 0 Å². The molecule has 1 aromatic heterocycles. The van der Waals surface area contributed by atoms with Crippen molar-refractivity contribution in [2.45, 2.75) is 13.3 Å². The minimum atomic E-state index is -0.444. The van der Waals surface area contributed by atoms with E-state index in [1.54, 1.807) is 7.11 Å². The number of nitro groups is 1. The molecule has 0 fully saturated rings. The molecular formula is C20H19N5O3. The lowest BCUT2D eigenvalue weighted by atomic mass is 10.2. The number of fused-ring (bicyclic) bond motifs is 1. The number of nitrogens with one attached hydrogen (secondary N) is 1. The maximum atomic E-state index is 12.0. The Labute approximate surface area is 162 Å². The molecule has 2 heterocycles. The summed E-state index contributed by atoms with van der Waals surface area (Å²) in [6.45, 7) is 2.57. The molecule has 8 nitrogen and oxygen atoms in total. The van der Waals surface area contributed by atoms with Gasteiger partial charge in [0, 0.05) is 12.2 Å². The van der Waals surface area contributed by atoms with Crippen LogP contribution in [0.15, 0.2) is 48.8 Å². The van der Waals surface area contributed by atoms with Gasteiger partial charge >= 0.3 is 5.69 Å². The number of nitrogens with zero attached hydrogens (tertiary/aromatic N) is 4. The second-order valence-corrected chi connectivity index (χ2v) is 6.51. The van der Waals surface area contributed by atoms with Gasteiger partial charge in [-0.25, -0.2) is 9.97 Å². The molecule has 0 saturated heterocycles. The van der Waals surface area contributed by atoms with E-state index in [1.165, 1.54) is 6.33 Å². The van der Waals surface area contributed by atoms with Gasteiger partial charge in [0.15, 0.2) is 0 Å². The molecule has 0 saturated carbocycles. The monoisotopic (exact) mass is 377 g/mol. The number of benzene rings is 2. The molecule has 0 atom stereocenters. The van der Waals surface area contributed by atoms with Crippen LogP contribution in [0, 0.1) is 17.0 Å². The van der Waals surface area contributed by atoms with Gasteiger partial charge in [0.25, 0.3) is 0 Å². The number of ether oxygens (including phenoxy) is 1. The largest absolute Gasteiger partial charge is 0.495 e. The number of anilines is 4. The summed E-state index contributed by atoms with van der Waals surface area (Å²) in [7, 11) is 1.55. The highest BCUT2D eigenvalue weighted by molar-refractivity contribution is 5.81. The third kappa shape index (κ3) is 3.09. The number of rotatable bonds is 5. The second-order valence-electron chi connectivity index (χ2n) is 6.51. The standard InChI is InChI=1S/C20H19N5O3/c1-13-7-8-17(28-2)15(11-13)23-19-18(25(26)27)20(22-12-21-19)24-10-9-14-5-3-4-6-16(14)24/h3-8,11-12H,9-10H2,1-2H3,(H,21,22,23). The van der Waals surface area contributed by atoms with Crippen molar-refractivity contribution < 1.29 is 9.66 Å². The van der Waals surface area contributed by atoms with E-state index in [-0.39, 0.29) is 17.3 Å². The van der Waals surface area contributed by atoms with Crippen LogP contribution in [0.2, 0.25) is 0 Å². The van der Waals surface area contributed by atoms with E-state index >= 15 is 0 Å². The third-order valence-corrected chi connectivity index (χ3v) is 4.74. The first-order valence-electron chi connectivity index (χ1n) is 8.85. The Morgan fingerprint density at radius 2 is 2.04 bits per heavy atom. The molecule has 0 amide bonds. The fourth-order valence-corrected chi connectivity index (χ4v) is 3.43. The summed E-state index contributed by atoms with van der Waals surface area (Å²) in [5, 5.41) is 15.0. The number of methoxy groups -OCH3 is 1. The van der Waals surface area contributed by atoms with Crippen molar-refractivity contribution >= 4 is 28.7 Å². The van der Waals surface area contributed by atoms with E-state index in [1.807, 2.05) is 54.3 Å². The Kier molecular flexibility index (Phi) is 4.52. The zero-order valence-corrected chi connectivity index (χ0v) is 15.5. The average molecular weight is 377 g/mol. The smallest absolute Gasteiger partial charge is 0.354 e. The van der Waals surface area contributed by atoms with E-state index in [0.717, 1.165) is 23.2 Å². The fraction of sp³-hybridized carbons (Fsp3) is 0.200. The summed E-state index contributed by atoms with van der Waals surface area (Å²) < 4.78 is 5.36. The molecule has 1 aliphatic rings. The van der Waals surface area contributed by atoms with Crippen LogP contribution in [0.5, 0.6) is 5.75 Å². The summed E-state index contributed by atoms with van der Waals surface area (Å²) in [4.78, 5) is 21.8. The lowest BCUT2D eigenvalue weighted by Gasteiger charge is -2.19. The molecule has 0 unspecified atom stereocenters. The zero-order valence-electron chi connectivity index (χ0n) is 15.5. The molecule has 0 aliphatic carbocycles. The minimum Gasteiger partial charge on any atom is -0.495 e. The molecular weight excluding hydrogens is 358 g/mol. The van der Waals surface area contributed by atoms with Gasteiger partial charge in [-0.3, -0.25) is 10.1 Å². The first kappa shape index (κ1) is 17.7. The van der Waals surface area contributed by atoms with Crippen molar-refractivity contribution in [3.05, 3.63) is 70.0 Å². The summed E-state index contributed by atoms with van der Waals surface area (Å²) >= 11 is 0. The fourth-order valence-electron chi connectivity index (χ4n) is 3.43. The van der Waals surface area contributed by atoms with Crippen molar-refractivity contribution in [3.63, 3.8) is 0 Å². The molecule has 28 heavy (non-hydrogen) atoms. The van der Waals surface area contributed by atoms with E-state index < -0.39 is 4.92 Å². The Bertz CT molecular complexity index is 1050. The maximum Gasteiger partial charge on any atom is 0.354 e. The zero-order chi connectivity index (χ0) is 19.7. The summed E-state index contributed by atoms with van der Waals surface area (Å²) in [6, 6.07) is 13.4. The van der Waals surface area contributed by atoms with Gasteiger partial charge in [0.05, 0.1) is 17.7 Å². The topological polar surface area (TPSA) is 93.4 Å². The van der Waals surface area contributed by atoms with Crippen LogP contribution in [0.25, 0.3) is 0 Å². The van der Waals surface area contributed by atoms with Crippen molar-refractivity contribution in [1.82, 2.24) is 9.97 Å². The molecule has 0 bridgehead atoms. The van der Waals surface area contributed by atoms with Crippen LogP contribution in [-0.4, -0.2) is 28.5 Å². The number of hydrogen-bond donors (Lipinski definition) is 1. The van der Waals surface area contributed by atoms with Crippen LogP contribution >= 0.6 is 0 Å². The molecule has 4 rings (SSSR count). The quantitative estimate of drug-likeness (QED) is 0.527. The Morgan fingerprint density at radius 3 is 2.82 bits per heavy atom. The van der Waals surface area contributed by atoms with Gasteiger partial charge in [0.1, 0.15) is 12.1 Å². The SMILES string of the molecule is COc1ccc(C)cc1Nc1ncnc(N2CCc3ccccc32)c1[N+](=O)[O-]. The van der Waals surface area contributed by atoms with Crippen molar-refractivity contribution in [2.75, 3.05) is 23.9 Å². The third-order valence-electron chi connectivity index (χ3n) is 4.74. The van der Waals surface area contributed by atoms with Crippen molar-refractivity contribution in [2.24, 2.45) is 0 Å². The number of hydrogen-bond acceptors (Lipinski definition) is 7. The van der Waals surface area contributed by atoms with E-state index in [2.05, 4.69) is 15.3 Å². The second kappa shape index (κ2) is 7.15. The van der Waals surface area contributed by atoms with Crippen LogP contribution in [0.1, 0.15) is 11.1 Å². The van der Waals surface area contributed by atoms with Crippen LogP contribution in [0.4, 0.5) is 28.7 Å². The minimum absolute atomic E-state index is 0.128. The lowest BCUT2D eigenvalue weighted by molar-refractivity contribution is -0.383. The van der Waals surface area contributed by atoms with E-state index in [9.17, 15) is 10.1 Å². The first-order valence-corrected chi connectivity index (χ1v) is 8.85. The highest BCUT2D eigenvalue weighted by Gasteiger charge is 2.31. The summed E-state index contributed by atoms with van der Waals surface area (Å²) in [5.74, 6) is 0.980. The number of para-hydroxylation sites is 1. The van der Waals surface area contributed by atoms with Crippen LogP contribution < -0.4 is 15.0 Å². The van der Waals surface area contributed by atoms with Crippen molar-refractivity contribution in [3.8, 4) is 5.75 Å². The molecule has 8 heteroatoms. The average Bonchev–Trinajstić information content (AvgIpc) is 3.12. The van der Waals surface area contributed by atoms with Gasteiger partial charge in [-0.1, -0.05) is 24.3 Å². The molecule has 0 spiro atoms. The van der Waals surface area contributed by atoms with Gasteiger partial charge in [0.2, 0.25) is 11.6 Å². The lowest BCUT2D eigenvalue weighted by Crippen LogP contribution is -2.17. The molecule has 2 aromatic carbocycles. The molecule has 3 aromatic rings. The molecule has 0 radical (unpaired) electrons. The van der Waals surface area contributed by atoms with Crippen molar-refractivity contribution in [1.29, 1.82) is 0 Å². The number of aryl methyl sites for hydroxylation is 1.